The molecule has 2 heterocycles. The third kappa shape index (κ3) is 2.76. The molecule has 0 saturated heterocycles. The number of nitrogens with two attached hydrogens (primary N) is 1. The molecule has 0 fully saturated rings. The summed E-state index contributed by atoms with van der Waals surface area (Å²) in [5, 5.41) is 1.12. The van der Waals surface area contributed by atoms with Gasteiger partial charge in [-0.15, -0.1) is 0 Å². The summed E-state index contributed by atoms with van der Waals surface area (Å²) in [5.74, 6) is -0.446. The Morgan fingerprint density at radius 1 is 1.48 bits per heavy atom. The van der Waals surface area contributed by atoms with Crippen molar-refractivity contribution in [2.24, 2.45) is 5.73 Å². The van der Waals surface area contributed by atoms with Gasteiger partial charge in [0, 0.05) is 23.7 Å². The van der Waals surface area contributed by atoms with Crippen molar-refractivity contribution in [3.63, 3.8) is 0 Å². The summed E-state index contributed by atoms with van der Waals surface area (Å²) in [6.45, 7) is 6.39. The molecule has 0 aromatic carbocycles. The first kappa shape index (κ1) is 15.8. The topological polar surface area (TPSA) is 70.1 Å². The largest absolute Gasteiger partial charge is 0.461 e. The predicted octanol–water partition coefficient (Wildman–Crippen LogP) is 2.95. The van der Waals surface area contributed by atoms with E-state index >= 15 is 0 Å². The monoisotopic (exact) mass is 309 g/mol. The molecule has 0 bridgehead atoms. The van der Waals surface area contributed by atoms with E-state index in [4.69, 9.17) is 22.1 Å². The van der Waals surface area contributed by atoms with Crippen molar-refractivity contribution < 1.29 is 9.53 Å². The average molecular weight is 310 g/mol. The third-order valence-electron chi connectivity index (χ3n) is 3.46. The highest BCUT2D eigenvalue weighted by molar-refractivity contribution is 6.38. The maximum Gasteiger partial charge on any atom is 0.356 e. The van der Waals surface area contributed by atoms with E-state index in [0.717, 1.165) is 17.5 Å². The molecular formula is C15H20ClN3O2. The first-order chi connectivity index (χ1) is 10.0. The second-order valence-electron chi connectivity index (χ2n) is 4.87. The molecule has 0 aliphatic heterocycles. The van der Waals surface area contributed by atoms with Crippen LogP contribution in [-0.4, -0.2) is 28.7 Å². The highest BCUT2D eigenvalue weighted by Gasteiger charge is 2.26. The number of hydrogen-bond acceptors (Lipinski definition) is 4. The van der Waals surface area contributed by atoms with Gasteiger partial charge in [-0.3, -0.25) is 0 Å². The van der Waals surface area contributed by atoms with Gasteiger partial charge in [-0.2, -0.15) is 0 Å². The number of carbonyl (C=O) groups excluding carboxylic acids is 1. The minimum absolute atomic E-state index is 0.0981. The van der Waals surface area contributed by atoms with E-state index in [1.165, 1.54) is 0 Å². The van der Waals surface area contributed by atoms with Crippen molar-refractivity contribution in [1.29, 1.82) is 0 Å². The maximum absolute atomic E-state index is 12.2. The Bertz CT molecular complexity index is 666. The van der Waals surface area contributed by atoms with Crippen molar-refractivity contribution in [2.75, 3.05) is 13.2 Å². The van der Waals surface area contributed by atoms with Gasteiger partial charge in [0.1, 0.15) is 11.3 Å². The van der Waals surface area contributed by atoms with Gasteiger partial charge in [-0.1, -0.05) is 18.5 Å². The number of ether oxygens (including phenoxy) is 1. The number of rotatable bonds is 5. The average Bonchev–Trinajstić information content (AvgIpc) is 2.79. The molecule has 2 N–H and O–H groups in total. The summed E-state index contributed by atoms with van der Waals surface area (Å²) in [7, 11) is 0. The fourth-order valence-electron chi connectivity index (χ4n) is 2.30. The van der Waals surface area contributed by atoms with Gasteiger partial charge >= 0.3 is 5.97 Å². The van der Waals surface area contributed by atoms with E-state index in [2.05, 4.69) is 4.98 Å². The molecule has 0 amide bonds. The minimum atomic E-state index is -0.446. The second-order valence-corrected chi connectivity index (χ2v) is 5.24. The Hall–Kier alpha value is -1.59. The lowest BCUT2D eigenvalue weighted by Crippen LogP contribution is -2.21. The Balaban J connectivity index is 2.76. The summed E-state index contributed by atoms with van der Waals surface area (Å²) in [6.07, 6.45) is 0.810. The highest BCUT2D eigenvalue weighted by Crippen LogP contribution is 2.33. The van der Waals surface area contributed by atoms with E-state index in [1.54, 1.807) is 11.5 Å². The van der Waals surface area contributed by atoms with E-state index in [-0.39, 0.29) is 6.04 Å². The Morgan fingerprint density at radius 3 is 2.76 bits per heavy atom. The smallest absolute Gasteiger partial charge is 0.356 e. The van der Waals surface area contributed by atoms with Crippen LogP contribution in [0.2, 0.25) is 5.02 Å². The van der Waals surface area contributed by atoms with Crippen LogP contribution < -0.4 is 5.73 Å². The Kier molecular flexibility index (Phi) is 4.85. The van der Waals surface area contributed by atoms with Crippen LogP contribution in [0.15, 0.2) is 12.1 Å². The number of esters is 1. The number of pyridine rings is 1. The van der Waals surface area contributed by atoms with Crippen molar-refractivity contribution in [3.8, 4) is 0 Å². The molecule has 0 aliphatic rings. The van der Waals surface area contributed by atoms with E-state index in [1.807, 2.05) is 26.0 Å². The van der Waals surface area contributed by atoms with Gasteiger partial charge in [-0.25, -0.2) is 9.78 Å². The zero-order valence-corrected chi connectivity index (χ0v) is 13.3. The van der Waals surface area contributed by atoms with Gasteiger partial charge < -0.3 is 15.0 Å². The van der Waals surface area contributed by atoms with Crippen LogP contribution in [0.1, 0.15) is 43.0 Å². The highest BCUT2D eigenvalue weighted by atomic mass is 35.5. The number of halogens is 1. The molecule has 0 unspecified atom stereocenters. The molecule has 21 heavy (non-hydrogen) atoms. The van der Waals surface area contributed by atoms with Crippen LogP contribution in [0.25, 0.3) is 11.0 Å². The molecule has 2 aromatic heterocycles. The molecule has 2 rings (SSSR count). The quantitative estimate of drug-likeness (QED) is 0.862. The SMILES string of the molecule is CCOC(=O)c1c(Cl)c2ccc(CC)nc2n1[C@H](C)CN. The fraction of sp³-hybridized carbons (Fsp3) is 0.467. The summed E-state index contributed by atoms with van der Waals surface area (Å²) in [5.41, 5.74) is 7.72. The fourth-order valence-corrected chi connectivity index (χ4v) is 2.62. The molecule has 6 heteroatoms. The molecule has 5 nitrogen and oxygen atoms in total. The number of fused-ring (bicyclic) bond motifs is 1. The number of nitrogens with zero attached hydrogens (tertiary/aromatic N) is 2. The minimum Gasteiger partial charge on any atom is -0.461 e. The van der Waals surface area contributed by atoms with Crippen molar-refractivity contribution >= 4 is 28.6 Å². The number of carbonyl (C=O) groups is 1. The lowest BCUT2D eigenvalue weighted by molar-refractivity contribution is 0.0512. The second kappa shape index (κ2) is 6.45. The zero-order chi connectivity index (χ0) is 15.6. The van der Waals surface area contributed by atoms with E-state index in [9.17, 15) is 4.79 Å². The van der Waals surface area contributed by atoms with Gasteiger partial charge in [0.2, 0.25) is 0 Å². The Labute approximate surface area is 129 Å². The molecule has 0 spiro atoms. The molecule has 0 radical (unpaired) electrons. The van der Waals surface area contributed by atoms with Gasteiger partial charge in [0.05, 0.1) is 11.6 Å². The molecule has 0 saturated carbocycles. The Morgan fingerprint density at radius 2 is 2.19 bits per heavy atom. The number of aryl methyl sites for hydroxylation is 1. The third-order valence-corrected chi connectivity index (χ3v) is 3.84. The lowest BCUT2D eigenvalue weighted by Gasteiger charge is -2.16. The van der Waals surface area contributed by atoms with Gasteiger partial charge in [0.15, 0.2) is 0 Å². The zero-order valence-electron chi connectivity index (χ0n) is 12.5. The van der Waals surface area contributed by atoms with Crippen molar-refractivity contribution in [3.05, 3.63) is 28.5 Å². The molecule has 2 aromatic rings. The van der Waals surface area contributed by atoms with Gasteiger partial charge in [0.25, 0.3) is 0 Å². The van der Waals surface area contributed by atoms with Crippen LogP contribution in [0.4, 0.5) is 0 Å². The first-order valence-electron chi connectivity index (χ1n) is 7.11. The maximum atomic E-state index is 12.2. The van der Waals surface area contributed by atoms with E-state index in [0.29, 0.717) is 29.5 Å². The summed E-state index contributed by atoms with van der Waals surface area (Å²) in [6, 6.07) is 3.71. The predicted molar refractivity (Wildman–Crippen MR) is 83.8 cm³/mol. The van der Waals surface area contributed by atoms with Crippen LogP contribution in [-0.2, 0) is 11.2 Å². The molecule has 0 aliphatic carbocycles. The van der Waals surface area contributed by atoms with Crippen LogP contribution in [0, 0.1) is 0 Å². The summed E-state index contributed by atoms with van der Waals surface area (Å²) < 4.78 is 6.90. The molecular weight excluding hydrogens is 290 g/mol. The van der Waals surface area contributed by atoms with Crippen LogP contribution in [0.3, 0.4) is 0 Å². The van der Waals surface area contributed by atoms with Crippen molar-refractivity contribution in [1.82, 2.24) is 9.55 Å². The first-order valence-corrected chi connectivity index (χ1v) is 7.49. The lowest BCUT2D eigenvalue weighted by atomic mass is 10.2. The normalized spacial score (nSPS) is 12.6. The molecule has 1 atom stereocenters. The van der Waals surface area contributed by atoms with Crippen LogP contribution >= 0.6 is 11.6 Å². The van der Waals surface area contributed by atoms with Gasteiger partial charge in [-0.05, 0) is 32.4 Å². The van der Waals surface area contributed by atoms with E-state index < -0.39 is 5.97 Å². The summed E-state index contributed by atoms with van der Waals surface area (Å²) in [4.78, 5) is 16.8. The molecule has 114 valence electrons. The summed E-state index contributed by atoms with van der Waals surface area (Å²) >= 11 is 6.39. The number of hydrogen-bond donors (Lipinski definition) is 1. The van der Waals surface area contributed by atoms with Crippen LogP contribution in [0.5, 0.6) is 0 Å². The van der Waals surface area contributed by atoms with Crippen molar-refractivity contribution in [2.45, 2.75) is 33.2 Å². The standard InChI is InChI=1S/C15H20ClN3O2/c1-4-10-6-7-11-12(16)13(15(20)21-5-2)19(9(3)8-17)14(11)18-10/h6-7,9H,4-5,8,17H2,1-3H3/t9-/m1/s1. The number of aromatic nitrogens is 2.